The lowest BCUT2D eigenvalue weighted by Gasteiger charge is -2.13. The fourth-order valence-corrected chi connectivity index (χ4v) is 3.43. The number of unbranched alkanes of at least 4 members (excludes halogenated alkanes) is 1. The number of hydrogen-bond donors (Lipinski definition) is 1. The molecular formula is C17H20ClNO4S. The first-order valence-corrected chi connectivity index (χ1v) is 8.94. The molecule has 2 aromatic rings. The second kappa shape index (κ2) is 8.35. The smallest absolute Gasteiger partial charge is 0.347 e. The Morgan fingerprint density at radius 1 is 1.38 bits per heavy atom. The van der Waals surface area contributed by atoms with Crippen LogP contribution in [0.4, 0.5) is 0 Å². The Morgan fingerprint density at radius 2 is 2.12 bits per heavy atom. The molecule has 7 heteroatoms. The summed E-state index contributed by atoms with van der Waals surface area (Å²) in [5, 5.41) is 10.3. The summed E-state index contributed by atoms with van der Waals surface area (Å²) >= 11 is 7.48. The van der Waals surface area contributed by atoms with Gasteiger partial charge in [-0.2, -0.15) is 0 Å². The number of hydrogen-bond acceptors (Lipinski definition) is 5. The second-order valence-corrected chi connectivity index (χ2v) is 6.55. The maximum atomic E-state index is 11.3. The number of ether oxygens (including phenoxy) is 2. The lowest BCUT2D eigenvalue weighted by Crippen LogP contribution is -2.00. The lowest BCUT2D eigenvalue weighted by molar-refractivity contribution is 0.0701. The highest BCUT2D eigenvalue weighted by Crippen LogP contribution is 2.41. The van der Waals surface area contributed by atoms with E-state index in [4.69, 9.17) is 21.1 Å². The monoisotopic (exact) mass is 369 g/mol. The van der Waals surface area contributed by atoms with Crippen molar-refractivity contribution in [2.24, 2.45) is 0 Å². The van der Waals surface area contributed by atoms with Crippen LogP contribution in [0.15, 0.2) is 12.1 Å². The molecule has 0 atom stereocenters. The molecule has 1 N–H and O–H groups in total. The van der Waals surface area contributed by atoms with Gasteiger partial charge in [0.15, 0.2) is 11.5 Å². The minimum absolute atomic E-state index is 0.255. The van der Waals surface area contributed by atoms with Crippen LogP contribution in [0.2, 0.25) is 5.02 Å². The minimum atomic E-state index is -0.965. The number of benzene rings is 1. The number of aromatic carboxylic acids is 1. The van der Waals surface area contributed by atoms with Crippen LogP contribution in [0.3, 0.4) is 0 Å². The van der Waals surface area contributed by atoms with Gasteiger partial charge in [0.2, 0.25) is 0 Å². The van der Waals surface area contributed by atoms with Gasteiger partial charge in [-0.25, -0.2) is 9.78 Å². The maximum absolute atomic E-state index is 11.3. The topological polar surface area (TPSA) is 68.7 Å². The molecule has 130 valence electrons. The summed E-state index contributed by atoms with van der Waals surface area (Å²) in [6, 6.07) is 3.51. The molecule has 0 fully saturated rings. The third-order valence-electron chi connectivity index (χ3n) is 3.45. The Kier molecular flexibility index (Phi) is 6.45. The zero-order valence-corrected chi connectivity index (χ0v) is 15.5. The molecule has 0 aliphatic rings. The number of aromatic nitrogens is 1. The molecule has 0 bridgehead atoms. The van der Waals surface area contributed by atoms with Crippen molar-refractivity contribution in [3.63, 3.8) is 0 Å². The van der Waals surface area contributed by atoms with Crippen LogP contribution in [0.25, 0.3) is 10.6 Å². The molecule has 0 saturated heterocycles. The number of nitrogens with zero attached hydrogens (tertiary/aromatic N) is 1. The molecule has 1 aromatic carbocycles. The third-order valence-corrected chi connectivity index (χ3v) is 4.86. The number of halogens is 1. The van der Waals surface area contributed by atoms with E-state index in [1.165, 1.54) is 0 Å². The van der Waals surface area contributed by atoms with E-state index in [0.717, 1.165) is 24.2 Å². The van der Waals surface area contributed by atoms with Gasteiger partial charge in [-0.3, -0.25) is 0 Å². The Bertz CT molecular complexity index is 730. The van der Waals surface area contributed by atoms with Crippen molar-refractivity contribution in [1.29, 1.82) is 0 Å². The van der Waals surface area contributed by atoms with Crippen LogP contribution in [0.1, 0.15) is 42.1 Å². The van der Waals surface area contributed by atoms with Gasteiger partial charge in [0, 0.05) is 5.56 Å². The normalized spacial score (nSPS) is 10.7. The molecule has 0 radical (unpaired) electrons. The zero-order chi connectivity index (χ0) is 17.7. The van der Waals surface area contributed by atoms with Gasteiger partial charge in [0.25, 0.3) is 0 Å². The van der Waals surface area contributed by atoms with Crippen LogP contribution in [-0.2, 0) is 6.42 Å². The van der Waals surface area contributed by atoms with E-state index in [1.807, 2.05) is 6.92 Å². The number of carbonyl (C=O) groups is 1. The molecule has 0 unspecified atom stereocenters. The summed E-state index contributed by atoms with van der Waals surface area (Å²) in [6.45, 7) is 4.52. The number of carboxylic acid groups (broad SMARTS) is 1. The molecule has 1 heterocycles. The number of aryl methyl sites for hydroxylation is 1. The molecule has 0 aliphatic heterocycles. The Balaban J connectivity index is 2.41. The average molecular weight is 370 g/mol. The van der Waals surface area contributed by atoms with E-state index in [9.17, 15) is 9.90 Å². The van der Waals surface area contributed by atoms with Gasteiger partial charge in [0.1, 0.15) is 9.88 Å². The van der Waals surface area contributed by atoms with Crippen LogP contribution >= 0.6 is 22.9 Å². The summed E-state index contributed by atoms with van der Waals surface area (Å²) in [4.78, 5) is 16.0. The van der Waals surface area contributed by atoms with Crippen molar-refractivity contribution in [3.05, 3.63) is 27.7 Å². The van der Waals surface area contributed by atoms with Gasteiger partial charge in [0.05, 0.1) is 24.4 Å². The summed E-state index contributed by atoms with van der Waals surface area (Å²) in [6.07, 6.45) is 2.51. The summed E-state index contributed by atoms with van der Waals surface area (Å²) < 4.78 is 11.1. The molecular weight excluding hydrogens is 350 g/mol. The summed E-state index contributed by atoms with van der Waals surface area (Å²) in [5.74, 6) is 0.0500. The van der Waals surface area contributed by atoms with Crippen molar-refractivity contribution in [3.8, 4) is 22.1 Å². The third kappa shape index (κ3) is 3.99. The van der Waals surface area contributed by atoms with E-state index in [1.54, 1.807) is 19.2 Å². The van der Waals surface area contributed by atoms with Crippen LogP contribution in [0, 0.1) is 0 Å². The highest BCUT2D eigenvalue weighted by atomic mass is 35.5. The van der Waals surface area contributed by atoms with Crippen molar-refractivity contribution in [1.82, 2.24) is 4.98 Å². The standard InChI is InChI=1S/C17H20ClNO4S/c1-4-6-7-23-14-11(18)8-10(9-13(14)22-3)16-19-12(5-2)15(24-16)17(20)21/h8-9H,4-7H2,1-3H3,(H,20,21). The number of thiazole rings is 1. The fourth-order valence-electron chi connectivity index (χ4n) is 2.18. The molecule has 1 aromatic heterocycles. The van der Waals surface area contributed by atoms with Gasteiger partial charge >= 0.3 is 5.97 Å². The Hall–Kier alpha value is -1.79. The summed E-state index contributed by atoms with van der Waals surface area (Å²) in [7, 11) is 1.55. The van der Waals surface area contributed by atoms with Crippen LogP contribution in [-0.4, -0.2) is 29.8 Å². The first-order chi connectivity index (χ1) is 11.5. The first kappa shape index (κ1) is 18.5. The molecule has 2 rings (SSSR count). The average Bonchev–Trinajstić information content (AvgIpc) is 3.00. The fraction of sp³-hybridized carbons (Fsp3) is 0.412. The Labute approximate surface area is 150 Å². The highest BCUT2D eigenvalue weighted by molar-refractivity contribution is 7.17. The molecule has 0 saturated carbocycles. The number of rotatable bonds is 8. The van der Waals surface area contributed by atoms with Crippen LogP contribution in [0.5, 0.6) is 11.5 Å². The summed E-state index contributed by atoms with van der Waals surface area (Å²) in [5.41, 5.74) is 1.28. The number of carboxylic acids is 1. The number of methoxy groups -OCH3 is 1. The molecule has 0 amide bonds. The van der Waals surface area contributed by atoms with E-state index in [2.05, 4.69) is 11.9 Å². The predicted octanol–water partition coefficient (Wildman–Crippen LogP) is 4.91. The molecule has 5 nitrogen and oxygen atoms in total. The van der Waals surface area contributed by atoms with Crippen molar-refractivity contribution >= 4 is 28.9 Å². The highest BCUT2D eigenvalue weighted by Gasteiger charge is 2.19. The first-order valence-electron chi connectivity index (χ1n) is 7.75. The maximum Gasteiger partial charge on any atom is 0.347 e. The van der Waals surface area contributed by atoms with E-state index < -0.39 is 5.97 Å². The molecule has 0 aliphatic carbocycles. The van der Waals surface area contributed by atoms with Crippen molar-refractivity contribution in [2.45, 2.75) is 33.1 Å². The van der Waals surface area contributed by atoms with E-state index in [-0.39, 0.29) is 4.88 Å². The van der Waals surface area contributed by atoms with Crippen molar-refractivity contribution in [2.75, 3.05) is 13.7 Å². The molecule has 24 heavy (non-hydrogen) atoms. The van der Waals surface area contributed by atoms with Gasteiger partial charge < -0.3 is 14.6 Å². The molecule has 0 spiro atoms. The van der Waals surface area contributed by atoms with Crippen LogP contribution < -0.4 is 9.47 Å². The van der Waals surface area contributed by atoms with E-state index in [0.29, 0.717) is 45.8 Å². The second-order valence-electron chi connectivity index (χ2n) is 5.15. The van der Waals surface area contributed by atoms with Gasteiger partial charge in [-0.05, 0) is 25.0 Å². The van der Waals surface area contributed by atoms with Crippen molar-refractivity contribution < 1.29 is 19.4 Å². The quantitative estimate of drug-likeness (QED) is 0.669. The predicted molar refractivity (Wildman–Crippen MR) is 95.9 cm³/mol. The van der Waals surface area contributed by atoms with E-state index >= 15 is 0 Å². The minimum Gasteiger partial charge on any atom is -0.493 e. The van der Waals surface area contributed by atoms with Gasteiger partial charge in [-0.15, -0.1) is 11.3 Å². The largest absolute Gasteiger partial charge is 0.493 e. The lowest BCUT2D eigenvalue weighted by atomic mass is 10.2. The van der Waals surface area contributed by atoms with Gasteiger partial charge in [-0.1, -0.05) is 31.9 Å². The Morgan fingerprint density at radius 3 is 2.67 bits per heavy atom. The zero-order valence-electron chi connectivity index (χ0n) is 13.9. The SMILES string of the molecule is CCCCOc1c(Cl)cc(-c2nc(CC)c(C(=O)O)s2)cc1OC.